The smallest absolute Gasteiger partial charge is 0.151 e. The zero-order valence-corrected chi connectivity index (χ0v) is 8.85. The molecular formula is C10H18N4. The third-order valence-electron chi connectivity index (χ3n) is 2.08. The minimum absolute atomic E-state index is 0.429. The Morgan fingerprint density at radius 1 is 1.50 bits per heavy atom. The quantitative estimate of drug-likeness (QED) is 0.761. The van der Waals surface area contributed by atoms with Crippen molar-refractivity contribution in [2.75, 3.05) is 18.0 Å². The molecule has 0 bridgehead atoms. The van der Waals surface area contributed by atoms with Crippen molar-refractivity contribution in [3.63, 3.8) is 0 Å². The number of hydrogen-bond acceptors (Lipinski definition) is 4. The molecule has 78 valence electrons. The molecule has 0 unspecified atom stereocenters. The lowest BCUT2D eigenvalue weighted by molar-refractivity contribution is 0.644. The zero-order chi connectivity index (χ0) is 10.4. The molecule has 0 saturated carbocycles. The van der Waals surface area contributed by atoms with Crippen molar-refractivity contribution in [3.05, 3.63) is 18.3 Å². The van der Waals surface area contributed by atoms with E-state index < -0.39 is 0 Å². The molecule has 0 atom stereocenters. The first-order valence-electron chi connectivity index (χ1n) is 5.00. The van der Waals surface area contributed by atoms with Gasteiger partial charge in [0.1, 0.15) is 0 Å². The Kier molecular flexibility index (Phi) is 4.32. The Hall–Kier alpha value is -1.16. The van der Waals surface area contributed by atoms with Gasteiger partial charge in [-0.1, -0.05) is 0 Å². The lowest BCUT2D eigenvalue weighted by Gasteiger charge is -2.26. The maximum atomic E-state index is 5.49. The lowest BCUT2D eigenvalue weighted by atomic mass is 10.3. The average molecular weight is 194 g/mol. The van der Waals surface area contributed by atoms with E-state index in [0.29, 0.717) is 12.6 Å². The highest BCUT2D eigenvalue weighted by Gasteiger charge is 2.10. The normalized spacial score (nSPS) is 10.6. The van der Waals surface area contributed by atoms with Gasteiger partial charge in [0.05, 0.1) is 0 Å². The molecule has 2 N–H and O–H groups in total. The van der Waals surface area contributed by atoms with Crippen LogP contribution in [0.5, 0.6) is 0 Å². The van der Waals surface area contributed by atoms with Crippen LogP contribution in [0.15, 0.2) is 18.3 Å². The van der Waals surface area contributed by atoms with Crippen molar-refractivity contribution < 1.29 is 0 Å². The van der Waals surface area contributed by atoms with Crippen LogP contribution in [0.25, 0.3) is 0 Å². The molecule has 0 radical (unpaired) electrons. The fraction of sp³-hybridized carbons (Fsp3) is 0.600. The van der Waals surface area contributed by atoms with Gasteiger partial charge >= 0.3 is 0 Å². The molecule has 4 heteroatoms. The molecule has 0 aliphatic rings. The summed E-state index contributed by atoms with van der Waals surface area (Å²) in [6, 6.07) is 4.31. The summed E-state index contributed by atoms with van der Waals surface area (Å²) in [7, 11) is 0. The van der Waals surface area contributed by atoms with Crippen molar-refractivity contribution in [2.45, 2.75) is 26.3 Å². The molecule has 0 amide bonds. The zero-order valence-electron chi connectivity index (χ0n) is 8.85. The van der Waals surface area contributed by atoms with Crippen LogP contribution in [0.4, 0.5) is 5.82 Å². The number of hydrogen-bond donors (Lipinski definition) is 1. The van der Waals surface area contributed by atoms with Gasteiger partial charge < -0.3 is 10.6 Å². The fourth-order valence-electron chi connectivity index (χ4n) is 1.35. The van der Waals surface area contributed by atoms with E-state index in [2.05, 4.69) is 28.9 Å². The highest BCUT2D eigenvalue weighted by molar-refractivity contribution is 5.37. The summed E-state index contributed by atoms with van der Waals surface area (Å²) in [5.74, 6) is 0.927. The van der Waals surface area contributed by atoms with Crippen molar-refractivity contribution >= 4 is 5.82 Å². The van der Waals surface area contributed by atoms with Crippen LogP contribution in [-0.4, -0.2) is 29.3 Å². The Morgan fingerprint density at radius 3 is 2.79 bits per heavy atom. The second-order valence-electron chi connectivity index (χ2n) is 3.51. The van der Waals surface area contributed by atoms with E-state index >= 15 is 0 Å². The van der Waals surface area contributed by atoms with Gasteiger partial charge in [-0.15, -0.1) is 5.10 Å². The summed E-state index contributed by atoms with van der Waals surface area (Å²) in [5, 5.41) is 7.96. The monoisotopic (exact) mass is 194 g/mol. The maximum Gasteiger partial charge on any atom is 0.151 e. The molecule has 14 heavy (non-hydrogen) atoms. The Morgan fingerprint density at radius 2 is 2.29 bits per heavy atom. The molecule has 0 spiro atoms. The van der Waals surface area contributed by atoms with Gasteiger partial charge in [0.25, 0.3) is 0 Å². The predicted octanol–water partition coefficient (Wildman–Crippen LogP) is 1.04. The van der Waals surface area contributed by atoms with E-state index in [1.165, 1.54) is 0 Å². The molecule has 0 aliphatic heterocycles. The van der Waals surface area contributed by atoms with Crippen LogP contribution < -0.4 is 10.6 Å². The number of nitrogens with zero attached hydrogens (tertiary/aromatic N) is 3. The third kappa shape index (κ3) is 2.96. The summed E-state index contributed by atoms with van der Waals surface area (Å²) in [5.41, 5.74) is 5.49. The minimum Gasteiger partial charge on any atom is -0.353 e. The predicted molar refractivity (Wildman–Crippen MR) is 58.2 cm³/mol. The van der Waals surface area contributed by atoms with E-state index in [9.17, 15) is 0 Å². The van der Waals surface area contributed by atoms with E-state index in [1.807, 2.05) is 12.1 Å². The summed E-state index contributed by atoms with van der Waals surface area (Å²) < 4.78 is 0. The Bertz CT molecular complexity index is 248. The highest BCUT2D eigenvalue weighted by atomic mass is 15.3. The lowest BCUT2D eigenvalue weighted by Crippen LogP contribution is -2.33. The second kappa shape index (κ2) is 5.54. The topological polar surface area (TPSA) is 55.0 Å². The standard InChI is InChI=1S/C10H18N4/c1-9(2)14(8-4-6-11)10-5-3-7-12-13-10/h3,5,7,9H,4,6,8,11H2,1-2H3. The van der Waals surface area contributed by atoms with Gasteiger partial charge in [0, 0.05) is 18.8 Å². The van der Waals surface area contributed by atoms with Crippen LogP contribution in [0.2, 0.25) is 0 Å². The fourth-order valence-corrected chi connectivity index (χ4v) is 1.35. The molecule has 1 heterocycles. The molecule has 0 aromatic carbocycles. The van der Waals surface area contributed by atoms with Gasteiger partial charge in [-0.2, -0.15) is 5.10 Å². The van der Waals surface area contributed by atoms with E-state index in [0.717, 1.165) is 18.8 Å². The maximum absolute atomic E-state index is 5.49. The number of anilines is 1. The number of nitrogens with two attached hydrogens (primary N) is 1. The van der Waals surface area contributed by atoms with E-state index in [4.69, 9.17) is 5.73 Å². The van der Waals surface area contributed by atoms with E-state index in [-0.39, 0.29) is 0 Å². The SMILES string of the molecule is CC(C)N(CCCN)c1cccnn1. The highest BCUT2D eigenvalue weighted by Crippen LogP contribution is 2.11. The van der Waals surface area contributed by atoms with Crippen LogP contribution in [-0.2, 0) is 0 Å². The van der Waals surface area contributed by atoms with Crippen molar-refractivity contribution in [1.82, 2.24) is 10.2 Å². The summed E-state index contributed by atoms with van der Waals surface area (Å²) >= 11 is 0. The van der Waals surface area contributed by atoms with Crippen LogP contribution in [0.1, 0.15) is 20.3 Å². The summed E-state index contributed by atoms with van der Waals surface area (Å²) in [4.78, 5) is 2.21. The Balaban J connectivity index is 2.68. The largest absolute Gasteiger partial charge is 0.353 e. The first kappa shape index (κ1) is 10.9. The number of aromatic nitrogens is 2. The molecule has 0 aliphatic carbocycles. The van der Waals surface area contributed by atoms with Crippen molar-refractivity contribution in [3.8, 4) is 0 Å². The van der Waals surface area contributed by atoms with Gasteiger partial charge in [0.15, 0.2) is 5.82 Å². The van der Waals surface area contributed by atoms with Gasteiger partial charge in [-0.05, 0) is 38.9 Å². The molecule has 1 rings (SSSR count). The summed E-state index contributed by atoms with van der Waals surface area (Å²) in [6.45, 7) is 5.94. The van der Waals surface area contributed by atoms with E-state index in [1.54, 1.807) is 6.20 Å². The van der Waals surface area contributed by atoms with Gasteiger partial charge in [-0.25, -0.2) is 0 Å². The van der Waals surface area contributed by atoms with Crippen LogP contribution in [0.3, 0.4) is 0 Å². The molecule has 4 nitrogen and oxygen atoms in total. The molecule has 0 fully saturated rings. The van der Waals surface area contributed by atoms with Crippen molar-refractivity contribution in [1.29, 1.82) is 0 Å². The van der Waals surface area contributed by atoms with Crippen LogP contribution in [0, 0.1) is 0 Å². The van der Waals surface area contributed by atoms with Crippen LogP contribution >= 0.6 is 0 Å². The first-order valence-corrected chi connectivity index (χ1v) is 5.00. The molecule has 0 saturated heterocycles. The van der Waals surface area contributed by atoms with Gasteiger partial charge in [-0.3, -0.25) is 0 Å². The minimum atomic E-state index is 0.429. The first-order chi connectivity index (χ1) is 6.75. The molecule has 1 aromatic rings. The molecule has 1 aromatic heterocycles. The molecular weight excluding hydrogens is 176 g/mol. The van der Waals surface area contributed by atoms with Crippen molar-refractivity contribution in [2.24, 2.45) is 5.73 Å². The average Bonchev–Trinajstić information content (AvgIpc) is 2.19. The van der Waals surface area contributed by atoms with Gasteiger partial charge in [0.2, 0.25) is 0 Å². The Labute approximate surface area is 85.1 Å². The number of rotatable bonds is 5. The second-order valence-corrected chi connectivity index (χ2v) is 3.51. The third-order valence-corrected chi connectivity index (χ3v) is 2.08. The summed E-state index contributed by atoms with van der Waals surface area (Å²) in [6.07, 6.45) is 2.67.